The summed E-state index contributed by atoms with van der Waals surface area (Å²) >= 11 is 0. The molecule has 1 aromatic rings. The van der Waals surface area contributed by atoms with Gasteiger partial charge in [-0.2, -0.15) is 0 Å². The maximum atomic E-state index is 11.2. The van der Waals surface area contributed by atoms with Crippen LogP contribution in [0.3, 0.4) is 0 Å². The summed E-state index contributed by atoms with van der Waals surface area (Å²) in [5.74, 6) is 1.59. The zero-order valence-corrected chi connectivity index (χ0v) is 10.2. The van der Waals surface area contributed by atoms with E-state index in [2.05, 4.69) is 20.6 Å². The van der Waals surface area contributed by atoms with Gasteiger partial charge in [0.05, 0.1) is 5.75 Å². The van der Waals surface area contributed by atoms with Crippen molar-refractivity contribution >= 4 is 21.5 Å². The van der Waals surface area contributed by atoms with Crippen LogP contribution in [0.2, 0.25) is 0 Å². The third-order valence-corrected chi connectivity index (χ3v) is 3.79. The number of sulfone groups is 1. The Hall–Kier alpha value is -1.37. The summed E-state index contributed by atoms with van der Waals surface area (Å²) in [6.45, 7) is 2.00. The maximum Gasteiger partial charge on any atom is 0.151 e. The van der Waals surface area contributed by atoms with Crippen molar-refractivity contribution in [1.82, 2.24) is 9.97 Å². The van der Waals surface area contributed by atoms with E-state index in [4.69, 9.17) is 0 Å². The highest BCUT2D eigenvalue weighted by molar-refractivity contribution is 7.91. The van der Waals surface area contributed by atoms with Gasteiger partial charge in [0.1, 0.15) is 18.0 Å². The van der Waals surface area contributed by atoms with Crippen LogP contribution in [0.25, 0.3) is 0 Å². The van der Waals surface area contributed by atoms with Crippen molar-refractivity contribution in [3.05, 3.63) is 12.4 Å². The van der Waals surface area contributed by atoms with Gasteiger partial charge in [-0.25, -0.2) is 18.4 Å². The van der Waals surface area contributed by atoms with Gasteiger partial charge in [-0.1, -0.05) is 6.92 Å². The van der Waals surface area contributed by atoms with Crippen LogP contribution < -0.4 is 10.6 Å². The first-order valence-electron chi connectivity index (χ1n) is 5.01. The average Bonchev–Trinajstić information content (AvgIpc) is 2.29. The monoisotopic (exact) mass is 244 g/mol. The molecule has 0 aliphatic carbocycles. The molecule has 0 unspecified atom stereocenters. The number of aromatic nitrogens is 2. The number of nitrogens with one attached hydrogen (secondary N) is 2. The van der Waals surface area contributed by atoms with E-state index in [1.807, 2.05) is 0 Å². The van der Waals surface area contributed by atoms with Gasteiger partial charge in [-0.05, 0) is 0 Å². The topological polar surface area (TPSA) is 84.0 Å². The lowest BCUT2D eigenvalue weighted by molar-refractivity contribution is 0.597. The number of rotatable bonds is 6. The standard InChI is InChI=1S/C9H16N4O2S/c1-3-16(14,15)5-4-11-9-6-8(10-2)12-7-13-9/h6-7H,3-5H2,1-2H3,(H2,10,11,12,13). The first kappa shape index (κ1) is 12.7. The highest BCUT2D eigenvalue weighted by Crippen LogP contribution is 2.07. The Bertz CT molecular complexity index is 433. The Morgan fingerprint density at radius 2 is 2.00 bits per heavy atom. The van der Waals surface area contributed by atoms with Crippen molar-refractivity contribution in [2.75, 3.05) is 35.7 Å². The van der Waals surface area contributed by atoms with Gasteiger partial charge in [0, 0.05) is 25.4 Å². The molecule has 0 saturated carbocycles. The van der Waals surface area contributed by atoms with E-state index in [-0.39, 0.29) is 11.5 Å². The van der Waals surface area contributed by atoms with Gasteiger partial charge in [0.25, 0.3) is 0 Å². The van der Waals surface area contributed by atoms with E-state index in [0.717, 1.165) is 0 Å². The van der Waals surface area contributed by atoms with E-state index < -0.39 is 9.84 Å². The molecule has 1 aromatic heterocycles. The minimum Gasteiger partial charge on any atom is -0.373 e. The third kappa shape index (κ3) is 4.01. The number of nitrogens with zero attached hydrogens (tertiary/aromatic N) is 2. The van der Waals surface area contributed by atoms with Crippen LogP contribution >= 0.6 is 0 Å². The van der Waals surface area contributed by atoms with Crippen LogP contribution in [0.4, 0.5) is 11.6 Å². The van der Waals surface area contributed by atoms with Gasteiger partial charge in [-0.15, -0.1) is 0 Å². The second-order valence-electron chi connectivity index (χ2n) is 3.20. The SMILES string of the molecule is CCS(=O)(=O)CCNc1cc(NC)ncn1. The molecule has 0 aromatic carbocycles. The molecule has 2 N–H and O–H groups in total. The molecule has 90 valence electrons. The van der Waals surface area contributed by atoms with Crippen molar-refractivity contribution in [3.8, 4) is 0 Å². The molecule has 1 rings (SSSR count). The van der Waals surface area contributed by atoms with Crippen molar-refractivity contribution in [2.24, 2.45) is 0 Å². The van der Waals surface area contributed by atoms with E-state index in [0.29, 0.717) is 18.2 Å². The maximum absolute atomic E-state index is 11.2. The molecule has 0 saturated heterocycles. The van der Waals surface area contributed by atoms with E-state index in [9.17, 15) is 8.42 Å². The molecule has 0 aliphatic heterocycles. The van der Waals surface area contributed by atoms with E-state index >= 15 is 0 Å². The molecule has 7 heteroatoms. The first-order chi connectivity index (χ1) is 7.57. The predicted molar refractivity (Wildman–Crippen MR) is 64.4 cm³/mol. The van der Waals surface area contributed by atoms with E-state index in [1.165, 1.54) is 6.33 Å². The van der Waals surface area contributed by atoms with Gasteiger partial charge >= 0.3 is 0 Å². The lowest BCUT2D eigenvalue weighted by Gasteiger charge is -2.06. The van der Waals surface area contributed by atoms with Gasteiger partial charge in [0.15, 0.2) is 9.84 Å². The molecule has 0 fully saturated rings. The Labute approximate surface area is 95.4 Å². The zero-order chi connectivity index (χ0) is 12.0. The largest absolute Gasteiger partial charge is 0.373 e. The first-order valence-corrected chi connectivity index (χ1v) is 6.83. The van der Waals surface area contributed by atoms with Gasteiger partial charge in [-0.3, -0.25) is 0 Å². The zero-order valence-electron chi connectivity index (χ0n) is 9.40. The van der Waals surface area contributed by atoms with Crippen LogP contribution in [0.5, 0.6) is 0 Å². The lowest BCUT2D eigenvalue weighted by atomic mass is 10.5. The summed E-state index contributed by atoms with van der Waals surface area (Å²) < 4.78 is 22.5. The quantitative estimate of drug-likeness (QED) is 0.752. The molecule has 0 radical (unpaired) electrons. The number of hydrogen-bond acceptors (Lipinski definition) is 6. The Morgan fingerprint density at radius 3 is 2.62 bits per heavy atom. The summed E-state index contributed by atoms with van der Waals surface area (Å²) in [6.07, 6.45) is 1.42. The highest BCUT2D eigenvalue weighted by Gasteiger charge is 2.06. The number of hydrogen-bond donors (Lipinski definition) is 2. The molecular weight excluding hydrogens is 228 g/mol. The molecule has 0 aliphatic rings. The predicted octanol–water partition coefficient (Wildman–Crippen LogP) is 0.365. The molecule has 6 nitrogen and oxygen atoms in total. The van der Waals surface area contributed by atoms with Crippen molar-refractivity contribution in [1.29, 1.82) is 0 Å². The lowest BCUT2D eigenvalue weighted by Crippen LogP contribution is -2.17. The fourth-order valence-corrected chi connectivity index (χ4v) is 1.77. The molecule has 0 amide bonds. The van der Waals surface area contributed by atoms with Crippen molar-refractivity contribution < 1.29 is 8.42 Å². The average molecular weight is 244 g/mol. The number of anilines is 2. The molecule has 0 bridgehead atoms. The molecule has 16 heavy (non-hydrogen) atoms. The third-order valence-electron chi connectivity index (χ3n) is 2.08. The molecule has 1 heterocycles. The fourth-order valence-electron chi connectivity index (χ4n) is 1.07. The summed E-state index contributed by atoms with van der Waals surface area (Å²) in [7, 11) is -1.17. The Balaban J connectivity index is 2.49. The molecule has 0 atom stereocenters. The van der Waals surface area contributed by atoms with Crippen LogP contribution in [0, 0.1) is 0 Å². The summed E-state index contributed by atoms with van der Waals surface area (Å²) in [6, 6.07) is 1.72. The Kier molecular flexibility index (Phi) is 4.48. The smallest absolute Gasteiger partial charge is 0.151 e. The fraction of sp³-hybridized carbons (Fsp3) is 0.556. The highest BCUT2D eigenvalue weighted by atomic mass is 32.2. The minimum absolute atomic E-state index is 0.113. The van der Waals surface area contributed by atoms with Gasteiger partial charge in [0.2, 0.25) is 0 Å². The van der Waals surface area contributed by atoms with E-state index in [1.54, 1.807) is 20.0 Å². The van der Waals surface area contributed by atoms with Crippen LogP contribution in [0.1, 0.15) is 6.92 Å². The van der Waals surface area contributed by atoms with Crippen LogP contribution in [-0.2, 0) is 9.84 Å². The van der Waals surface area contributed by atoms with Crippen LogP contribution in [0.15, 0.2) is 12.4 Å². The second kappa shape index (κ2) is 5.64. The van der Waals surface area contributed by atoms with Gasteiger partial charge < -0.3 is 10.6 Å². The normalized spacial score (nSPS) is 11.1. The van der Waals surface area contributed by atoms with Crippen molar-refractivity contribution in [3.63, 3.8) is 0 Å². The molecular formula is C9H16N4O2S. The van der Waals surface area contributed by atoms with Crippen LogP contribution in [-0.4, -0.2) is 43.5 Å². The summed E-state index contributed by atoms with van der Waals surface area (Å²) in [5.41, 5.74) is 0. The summed E-state index contributed by atoms with van der Waals surface area (Å²) in [4.78, 5) is 7.93. The van der Waals surface area contributed by atoms with Crippen molar-refractivity contribution in [2.45, 2.75) is 6.92 Å². The Morgan fingerprint density at radius 1 is 1.31 bits per heavy atom. The second-order valence-corrected chi connectivity index (χ2v) is 5.67. The molecule has 0 spiro atoms. The minimum atomic E-state index is -2.93. The summed E-state index contributed by atoms with van der Waals surface area (Å²) in [5, 5.41) is 5.82.